The maximum absolute atomic E-state index is 13.8. The van der Waals surface area contributed by atoms with Gasteiger partial charge in [-0.1, -0.05) is 0 Å². The van der Waals surface area contributed by atoms with Gasteiger partial charge in [-0.25, -0.2) is 14.2 Å². The van der Waals surface area contributed by atoms with E-state index in [0.29, 0.717) is 5.75 Å². The van der Waals surface area contributed by atoms with Gasteiger partial charge in [-0.3, -0.25) is 0 Å². The van der Waals surface area contributed by atoms with E-state index >= 15 is 0 Å². The molecule has 0 aliphatic rings. The van der Waals surface area contributed by atoms with Gasteiger partial charge in [0.05, 0.1) is 31.2 Å². The number of hydrogen-bond acceptors (Lipinski definition) is 6. The van der Waals surface area contributed by atoms with Crippen LogP contribution >= 0.6 is 0 Å². The summed E-state index contributed by atoms with van der Waals surface area (Å²) in [7, 11) is 2.72. The summed E-state index contributed by atoms with van der Waals surface area (Å²) in [6.07, 6.45) is 1.38. The molecule has 0 amide bonds. The number of nitrogens with zero attached hydrogens (tertiary/aromatic N) is 1. The lowest BCUT2D eigenvalue weighted by atomic mass is 10.2. The highest BCUT2D eigenvalue weighted by Gasteiger charge is 2.15. The van der Waals surface area contributed by atoms with Crippen molar-refractivity contribution in [3.8, 4) is 5.75 Å². The average Bonchev–Trinajstić information content (AvgIpc) is 2.50. The Morgan fingerprint density at radius 2 is 2.10 bits per heavy atom. The minimum atomic E-state index is -0.593. The van der Waals surface area contributed by atoms with Crippen molar-refractivity contribution in [1.29, 1.82) is 0 Å². The quantitative estimate of drug-likeness (QED) is 0.841. The molecule has 7 heteroatoms. The van der Waals surface area contributed by atoms with Crippen molar-refractivity contribution in [2.45, 2.75) is 0 Å². The first kappa shape index (κ1) is 14.6. The van der Waals surface area contributed by atoms with Crippen molar-refractivity contribution in [3.63, 3.8) is 0 Å². The second-order valence-electron chi connectivity index (χ2n) is 4.08. The molecule has 2 rings (SSSR count). The smallest absolute Gasteiger partial charge is 0.340 e. The van der Waals surface area contributed by atoms with Gasteiger partial charge in [-0.2, -0.15) is 0 Å². The van der Waals surface area contributed by atoms with Crippen LogP contribution in [-0.4, -0.2) is 25.2 Å². The Hall–Kier alpha value is -2.83. The van der Waals surface area contributed by atoms with Crippen molar-refractivity contribution in [2.75, 3.05) is 25.3 Å². The highest BCUT2D eigenvalue weighted by atomic mass is 19.1. The van der Waals surface area contributed by atoms with Gasteiger partial charge >= 0.3 is 5.97 Å². The van der Waals surface area contributed by atoms with Crippen LogP contribution in [-0.2, 0) is 4.74 Å². The zero-order chi connectivity index (χ0) is 15.4. The van der Waals surface area contributed by atoms with Crippen LogP contribution in [0.2, 0.25) is 0 Å². The summed E-state index contributed by atoms with van der Waals surface area (Å²) in [5.41, 5.74) is 6.21. The molecule has 0 aliphatic heterocycles. The Bertz CT molecular complexity index is 677. The number of carbonyl (C=O) groups excluding carboxylic acids is 1. The SMILES string of the molecule is COC(=O)c1ccnc(Nc2cc(OC)ccc2F)c1N. The van der Waals surface area contributed by atoms with Crippen LogP contribution in [0, 0.1) is 5.82 Å². The predicted octanol–water partition coefficient (Wildman–Crippen LogP) is 2.34. The number of ether oxygens (including phenoxy) is 2. The maximum Gasteiger partial charge on any atom is 0.340 e. The third-order valence-electron chi connectivity index (χ3n) is 2.82. The Morgan fingerprint density at radius 3 is 2.76 bits per heavy atom. The number of rotatable bonds is 4. The van der Waals surface area contributed by atoms with Gasteiger partial charge in [-0.15, -0.1) is 0 Å². The summed E-state index contributed by atoms with van der Waals surface area (Å²) in [6, 6.07) is 5.62. The fourth-order valence-electron chi connectivity index (χ4n) is 1.72. The third kappa shape index (κ3) is 3.02. The molecule has 2 aromatic rings. The Morgan fingerprint density at radius 1 is 1.33 bits per heavy atom. The number of carbonyl (C=O) groups is 1. The van der Waals surface area contributed by atoms with Gasteiger partial charge in [0.2, 0.25) is 0 Å². The van der Waals surface area contributed by atoms with Gasteiger partial charge in [-0.05, 0) is 18.2 Å². The van der Waals surface area contributed by atoms with E-state index in [2.05, 4.69) is 15.0 Å². The fraction of sp³-hybridized carbons (Fsp3) is 0.143. The molecule has 0 spiro atoms. The van der Waals surface area contributed by atoms with E-state index in [0.717, 1.165) is 0 Å². The van der Waals surface area contributed by atoms with Crippen LogP contribution in [0.15, 0.2) is 30.5 Å². The summed E-state index contributed by atoms with van der Waals surface area (Å²) in [5.74, 6) is -0.462. The molecule has 1 heterocycles. The molecule has 1 aromatic heterocycles. The molecule has 0 radical (unpaired) electrons. The van der Waals surface area contributed by atoms with Crippen LogP contribution in [0.25, 0.3) is 0 Å². The Balaban J connectivity index is 2.38. The molecule has 3 N–H and O–H groups in total. The molecule has 0 atom stereocenters. The van der Waals surface area contributed by atoms with E-state index in [1.54, 1.807) is 0 Å². The van der Waals surface area contributed by atoms with Crippen LogP contribution in [0.1, 0.15) is 10.4 Å². The number of methoxy groups -OCH3 is 2. The molecular weight excluding hydrogens is 277 g/mol. The first-order valence-corrected chi connectivity index (χ1v) is 6.00. The molecule has 0 bridgehead atoms. The number of nitrogen functional groups attached to an aromatic ring is 1. The van der Waals surface area contributed by atoms with Gasteiger partial charge < -0.3 is 20.5 Å². The van der Waals surface area contributed by atoms with E-state index in [-0.39, 0.29) is 22.8 Å². The zero-order valence-corrected chi connectivity index (χ0v) is 11.5. The first-order chi connectivity index (χ1) is 10.1. The van der Waals surface area contributed by atoms with Crippen molar-refractivity contribution in [2.24, 2.45) is 0 Å². The van der Waals surface area contributed by atoms with E-state index in [1.165, 1.54) is 44.7 Å². The molecule has 0 saturated heterocycles. The number of pyridine rings is 1. The molecule has 0 unspecified atom stereocenters. The molecule has 21 heavy (non-hydrogen) atoms. The van der Waals surface area contributed by atoms with Gasteiger partial charge in [0, 0.05) is 12.3 Å². The summed E-state index contributed by atoms with van der Waals surface area (Å²) in [6.45, 7) is 0. The Kier molecular flexibility index (Phi) is 4.22. The predicted molar refractivity (Wildman–Crippen MR) is 76.2 cm³/mol. The second-order valence-corrected chi connectivity index (χ2v) is 4.08. The average molecular weight is 291 g/mol. The number of hydrogen-bond donors (Lipinski definition) is 2. The Labute approximate surface area is 120 Å². The minimum Gasteiger partial charge on any atom is -0.497 e. The number of anilines is 3. The lowest BCUT2D eigenvalue weighted by Crippen LogP contribution is -2.09. The van der Waals surface area contributed by atoms with E-state index in [1.807, 2.05) is 0 Å². The molecule has 1 aromatic carbocycles. The highest BCUT2D eigenvalue weighted by Crippen LogP contribution is 2.28. The van der Waals surface area contributed by atoms with Crippen molar-refractivity contribution in [1.82, 2.24) is 4.98 Å². The summed E-state index contributed by atoms with van der Waals surface area (Å²) >= 11 is 0. The maximum atomic E-state index is 13.8. The summed E-state index contributed by atoms with van der Waals surface area (Å²) in [4.78, 5) is 15.6. The fourth-order valence-corrected chi connectivity index (χ4v) is 1.72. The monoisotopic (exact) mass is 291 g/mol. The molecule has 0 fully saturated rings. The van der Waals surface area contributed by atoms with Crippen LogP contribution < -0.4 is 15.8 Å². The molecular formula is C14H14FN3O3. The number of esters is 1. The highest BCUT2D eigenvalue weighted by molar-refractivity contribution is 5.97. The largest absolute Gasteiger partial charge is 0.497 e. The van der Waals surface area contributed by atoms with Crippen LogP contribution in [0.5, 0.6) is 5.75 Å². The standard InChI is InChI=1S/C14H14FN3O3/c1-20-8-3-4-10(15)11(7-8)18-13-12(16)9(5-6-17-13)14(19)21-2/h3-7H,16H2,1-2H3,(H,17,18). The minimum absolute atomic E-state index is 0.0755. The number of nitrogens with two attached hydrogens (primary N) is 1. The number of aromatic nitrogens is 1. The lowest BCUT2D eigenvalue weighted by molar-refractivity contribution is 0.0602. The first-order valence-electron chi connectivity index (χ1n) is 6.00. The number of halogens is 1. The molecule has 110 valence electrons. The molecule has 0 aliphatic carbocycles. The third-order valence-corrected chi connectivity index (χ3v) is 2.82. The normalized spacial score (nSPS) is 10.0. The van der Waals surface area contributed by atoms with E-state index in [4.69, 9.17) is 10.5 Å². The number of nitrogens with one attached hydrogen (secondary N) is 1. The second kappa shape index (κ2) is 6.08. The van der Waals surface area contributed by atoms with Crippen LogP contribution in [0.3, 0.4) is 0 Å². The van der Waals surface area contributed by atoms with E-state index in [9.17, 15) is 9.18 Å². The van der Waals surface area contributed by atoms with Crippen LogP contribution in [0.4, 0.5) is 21.6 Å². The van der Waals surface area contributed by atoms with Gasteiger partial charge in [0.1, 0.15) is 11.6 Å². The topological polar surface area (TPSA) is 86.5 Å². The lowest BCUT2D eigenvalue weighted by Gasteiger charge is -2.12. The molecule has 0 saturated carbocycles. The van der Waals surface area contributed by atoms with Crippen molar-refractivity contribution >= 4 is 23.2 Å². The van der Waals surface area contributed by atoms with Crippen molar-refractivity contribution in [3.05, 3.63) is 41.8 Å². The van der Waals surface area contributed by atoms with Crippen molar-refractivity contribution < 1.29 is 18.7 Å². The zero-order valence-electron chi connectivity index (χ0n) is 11.5. The summed E-state index contributed by atoms with van der Waals surface area (Å²) < 4.78 is 23.4. The van der Waals surface area contributed by atoms with E-state index < -0.39 is 11.8 Å². The van der Waals surface area contributed by atoms with Gasteiger partial charge in [0.25, 0.3) is 0 Å². The molecule has 6 nitrogen and oxygen atoms in total. The van der Waals surface area contributed by atoms with Gasteiger partial charge in [0.15, 0.2) is 5.82 Å². The number of benzene rings is 1. The summed E-state index contributed by atoms with van der Waals surface area (Å²) in [5, 5.41) is 2.74.